The van der Waals surface area contributed by atoms with Crippen LogP contribution in [0.2, 0.25) is 0 Å². The molecule has 0 aliphatic heterocycles. The highest BCUT2D eigenvalue weighted by atomic mass is 19.4. The van der Waals surface area contributed by atoms with Crippen molar-refractivity contribution >= 4 is 23.2 Å². The SMILES string of the molecule is Cc1cc(-c2ccc(NC(=O)C(F)(F)C(F)(F)C(F)(F)C(F)(F)F)c(C)c2)ccc1NC(=O)C(F)(F)C(F)(F)C(F)(F)C(F)(F)F. The zero-order valence-electron chi connectivity index (χ0n) is 22.1. The van der Waals surface area contributed by atoms with Crippen LogP contribution in [0.3, 0.4) is 0 Å². The molecule has 0 aromatic heterocycles. The second-order valence-electron chi connectivity index (χ2n) is 9.41. The van der Waals surface area contributed by atoms with Crippen LogP contribution >= 0.6 is 0 Å². The van der Waals surface area contributed by atoms with E-state index in [1.54, 1.807) is 0 Å². The van der Waals surface area contributed by atoms with Gasteiger partial charge in [0.25, 0.3) is 0 Å². The van der Waals surface area contributed by atoms with E-state index in [0.717, 1.165) is 48.7 Å². The Hall–Kier alpha value is -3.88. The minimum Gasteiger partial charge on any atom is -0.320 e. The average Bonchev–Trinajstić information content (AvgIpc) is 2.88. The molecule has 0 aliphatic rings. The van der Waals surface area contributed by atoms with Crippen LogP contribution < -0.4 is 10.6 Å². The van der Waals surface area contributed by atoms with E-state index in [9.17, 15) is 88.6 Å². The topological polar surface area (TPSA) is 58.2 Å². The molecule has 0 atom stereocenters. The lowest BCUT2D eigenvalue weighted by Gasteiger charge is -2.32. The number of alkyl halides is 18. The highest BCUT2D eigenvalue weighted by molar-refractivity contribution is 5.99. The van der Waals surface area contributed by atoms with Gasteiger partial charge in [-0.05, 0) is 60.4 Å². The van der Waals surface area contributed by atoms with Crippen molar-refractivity contribution in [2.24, 2.45) is 0 Å². The second kappa shape index (κ2) is 11.4. The fraction of sp³-hybridized carbons (Fsp3) is 0.417. The predicted molar refractivity (Wildman–Crippen MR) is 120 cm³/mol. The van der Waals surface area contributed by atoms with Crippen molar-refractivity contribution in [2.45, 2.75) is 61.7 Å². The molecule has 0 bridgehead atoms. The summed E-state index contributed by atoms with van der Waals surface area (Å²) < 4.78 is 235. The molecule has 4 nitrogen and oxygen atoms in total. The van der Waals surface area contributed by atoms with E-state index in [1.165, 1.54) is 0 Å². The summed E-state index contributed by atoms with van der Waals surface area (Å²) in [4.78, 5) is 23.4. The van der Waals surface area contributed by atoms with Gasteiger partial charge >= 0.3 is 59.7 Å². The van der Waals surface area contributed by atoms with Crippen molar-refractivity contribution in [2.75, 3.05) is 10.6 Å². The van der Waals surface area contributed by atoms with Crippen molar-refractivity contribution in [1.29, 1.82) is 0 Å². The number of benzene rings is 2. The van der Waals surface area contributed by atoms with E-state index >= 15 is 0 Å². The van der Waals surface area contributed by atoms with Gasteiger partial charge in [-0.15, -0.1) is 0 Å². The molecule has 46 heavy (non-hydrogen) atoms. The van der Waals surface area contributed by atoms with Crippen LogP contribution in [0.15, 0.2) is 36.4 Å². The molecule has 0 spiro atoms. The Morgan fingerprint density at radius 3 is 0.935 bits per heavy atom. The quantitative estimate of drug-likeness (QED) is 0.257. The van der Waals surface area contributed by atoms with Gasteiger partial charge in [-0.25, -0.2) is 0 Å². The van der Waals surface area contributed by atoms with Crippen molar-refractivity contribution in [1.82, 2.24) is 0 Å². The Balaban J connectivity index is 2.32. The number of halogens is 18. The highest BCUT2D eigenvalue weighted by Gasteiger charge is 2.85. The maximum atomic E-state index is 13.9. The molecule has 2 aromatic carbocycles. The zero-order chi connectivity index (χ0) is 36.3. The van der Waals surface area contributed by atoms with Gasteiger partial charge in [0.15, 0.2) is 0 Å². The molecule has 2 amide bonds. The lowest BCUT2D eigenvalue weighted by Crippen LogP contribution is -2.64. The molecule has 0 unspecified atom stereocenters. The van der Waals surface area contributed by atoms with Gasteiger partial charge in [0, 0.05) is 11.4 Å². The maximum absolute atomic E-state index is 13.9. The Morgan fingerprint density at radius 1 is 0.457 bits per heavy atom. The van der Waals surface area contributed by atoms with Gasteiger partial charge in [-0.3, -0.25) is 9.59 Å². The van der Waals surface area contributed by atoms with Crippen LogP contribution in [0.5, 0.6) is 0 Å². The van der Waals surface area contributed by atoms with Crippen LogP contribution in [-0.4, -0.2) is 59.7 Å². The number of rotatable bonds is 9. The minimum absolute atomic E-state index is 0.0288. The number of carbonyl (C=O) groups excluding carboxylic acids is 2. The van der Waals surface area contributed by atoms with E-state index in [1.807, 2.05) is 0 Å². The molecule has 0 aliphatic carbocycles. The number of anilines is 2. The van der Waals surface area contributed by atoms with Gasteiger partial charge in [0.2, 0.25) is 0 Å². The number of nitrogens with one attached hydrogen (secondary N) is 2. The summed E-state index contributed by atoms with van der Waals surface area (Å²) in [5.74, 6) is -48.9. The summed E-state index contributed by atoms with van der Waals surface area (Å²) in [7, 11) is 0. The second-order valence-corrected chi connectivity index (χ2v) is 9.41. The minimum atomic E-state index is -7.34. The molecule has 2 rings (SSSR count). The fourth-order valence-corrected chi connectivity index (χ4v) is 3.40. The molecule has 0 fully saturated rings. The number of carbonyl (C=O) groups is 2. The Bertz CT molecular complexity index is 1380. The van der Waals surface area contributed by atoms with Gasteiger partial charge in [-0.2, -0.15) is 79.0 Å². The monoisotopic (exact) mass is 704 g/mol. The summed E-state index contributed by atoms with van der Waals surface area (Å²) >= 11 is 0. The Labute approximate surface area is 243 Å². The van der Waals surface area contributed by atoms with Crippen LogP contribution in [0.25, 0.3) is 11.1 Å². The van der Waals surface area contributed by atoms with Crippen molar-refractivity contribution in [3.8, 4) is 11.1 Å². The molecular weight excluding hydrogens is 690 g/mol. The van der Waals surface area contributed by atoms with Crippen LogP contribution in [-0.2, 0) is 9.59 Å². The first kappa shape index (κ1) is 38.3. The smallest absolute Gasteiger partial charge is 0.320 e. The normalized spacial score (nSPS) is 14.3. The number of hydrogen-bond donors (Lipinski definition) is 2. The zero-order valence-corrected chi connectivity index (χ0v) is 22.1. The molecule has 2 aromatic rings. The van der Waals surface area contributed by atoms with E-state index in [0.29, 0.717) is 12.1 Å². The average molecular weight is 704 g/mol. The summed E-state index contributed by atoms with van der Waals surface area (Å²) in [6, 6.07) is 5.04. The van der Waals surface area contributed by atoms with Gasteiger partial charge in [-0.1, -0.05) is 12.1 Å². The van der Waals surface area contributed by atoms with Gasteiger partial charge in [0.05, 0.1) is 0 Å². The first-order valence-corrected chi connectivity index (χ1v) is 11.5. The molecule has 22 heteroatoms. The lowest BCUT2D eigenvalue weighted by molar-refractivity contribution is -0.388. The van der Waals surface area contributed by atoms with E-state index in [2.05, 4.69) is 0 Å². The van der Waals surface area contributed by atoms with Crippen LogP contribution in [0.4, 0.5) is 90.4 Å². The summed E-state index contributed by atoms with van der Waals surface area (Å²) in [6.45, 7) is 1.97. The summed E-state index contributed by atoms with van der Waals surface area (Å²) in [5, 5.41) is 2.15. The molecular formula is C24H14F18N2O2. The molecule has 2 N–H and O–H groups in total. The number of hydrogen-bond acceptors (Lipinski definition) is 2. The standard InChI is InChI=1S/C24H14F18N2O2/c1-9-7-11(3-5-13(9)43-15(45)17(25,26)19(29,30)21(33,34)23(37,38)39)12-4-6-14(10(2)8-12)44-16(46)18(27,28)20(31,32)22(35,36)24(40,41)42/h3-8H,1-2H3,(H,43,45)(H,44,46). The molecule has 0 radical (unpaired) electrons. The first-order valence-electron chi connectivity index (χ1n) is 11.5. The number of aryl methyl sites for hydroxylation is 2. The Kier molecular flexibility index (Phi) is 9.51. The largest absolute Gasteiger partial charge is 0.460 e. The van der Waals surface area contributed by atoms with E-state index in [4.69, 9.17) is 0 Å². The third-order valence-corrected chi connectivity index (χ3v) is 6.14. The van der Waals surface area contributed by atoms with E-state index in [-0.39, 0.29) is 22.3 Å². The predicted octanol–water partition coefficient (Wildman–Crippen LogP) is 8.78. The molecule has 0 saturated heterocycles. The number of amides is 2. The molecule has 258 valence electrons. The van der Waals surface area contributed by atoms with Crippen molar-refractivity contribution in [3.05, 3.63) is 47.5 Å². The highest BCUT2D eigenvalue weighted by Crippen LogP contribution is 2.54. The van der Waals surface area contributed by atoms with Crippen LogP contribution in [0, 0.1) is 13.8 Å². The third kappa shape index (κ3) is 6.13. The summed E-state index contributed by atoms with van der Waals surface area (Å²) in [6.07, 6.45) is -14.4. The van der Waals surface area contributed by atoms with Crippen LogP contribution in [0.1, 0.15) is 11.1 Å². The molecule has 0 saturated carbocycles. The maximum Gasteiger partial charge on any atom is 0.460 e. The lowest BCUT2D eigenvalue weighted by atomic mass is 9.99. The first-order chi connectivity index (χ1) is 20.3. The molecule has 0 heterocycles. The summed E-state index contributed by atoms with van der Waals surface area (Å²) in [5.41, 5.74) is -2.32. The third-order valence-electron chi connectivity index (χ3n) is 6.14. The van der Waals surface area contributed by atoms with Gasteiger partial charge < -0.3 is 10.6 Å². The van der Waals surface area contributed by atoms with Gasteiger partial charge in [0.1, 0.15) is 0 Å². The fourth-order valence-electron chi connectivity index (χ4n) is 3.40. The Morgan fingerprint density at radius 2 is 0.717 bits per heavy atom. The van der Waals surface area contributed by atoms with Crippen molar-refractivity contribution < 1.29 is 88.6 Å². The van der Waals surface area contributed by atoms with E-state index < -0.39 is 71.1 Å². The van der Waals surface area contributed by atoms with Crippen molar-refractivity contribution in [3.63, 3.8) is 0 Å².